The lowest BCUT2D eigenvalue weighted by atomic mass is 9.95. The summed E-state index contributed by atoms with van der Waals surface area (Å²) in [5.41, 5.74) is 1.29. The van der Waals surface area contributed by atoms with Crippen molar-refractivity contribution in [3.8, 4) is 0 Å². The van der Waals surface area contributed by atoms with Crippen molar-refractivity contribution in [1.29, 1.82) is 0 Å². The van der Waals surface area contributed by atoms with Crippen LogP contribution in [-0.4, -0.2) is 66.0 Å². The van der Waals surface area contributed by atoms with E-state index in [0.29, 0.717) is 36.9 Å². The Bertz CT molecular complexity index is 1020. The SMILES string of the molecule is O=C1C(=O)N(CCN2CCOCC2)[C@@H](c2cccc(Br)c2)C1=C(O)c1ccc(Cl)cc1. The monoisotopic (exact) mass is 504 g/mol. The van der Waals surface area contributed by atoms with E-state index in [9.17, 15) is 14.7 Å². The molecule has 1 amide bonds. The molecule has 0 aromatic heterocycles. The van der Waals surface area contributed by atoms with E-state index in [2.05, 4.69) is 20.8 Å². The Kier molecular flexibility index (Phi) is 6.77. The minimum atomic E-state index is -0.681. The highest BCUT2D eigenvalue weighted by molar-refractivity contribution is 9.10. The van der Waals surface area contributed by atoms with Gasteiger partial charge in [-0.15, -0.1) is 0 Å². The van der Waals surface area contributed by atoms with E-state index < -0.39 is 17.7 Å². The van der Waals surface area contributed by atoms with Gasteiger partial charge in [0.25, 0.3) is 11.7 Å². The van der Waals surface area contributed by atoms with Crippen molar-refractivity contribution in [2.75, 3.05) is 39.4 Å². The number of morpholine rings is 1. The number of benzene rings is 2. The van der Waals surface area contributed by atoms with Gasteiger partial charge in [0.2, 0.25) is 0 Å². The molecular weight excluding hydrogens is 484 g/mol. The molecule has 2 fully saturated rings. The van der Waals surface area contributed by atoms with Crippen LogP contribution in [0.15, 0.2) is 58.6 Å². The fraction of sp³-hybridized carbons (Fsp3) is 0.304. The summed E-state index contributed by atoms with van der Waals surface area (Å²) in [4.78, 5) is 29.8. The van der Waals surface area contributed by atoms with Gasteiger partial charge in [-0.3, -0.25) is 14.5 Å². The number of nitrogens with zero attached hydrogens (tertiary/aromatic N) is 2. The smallest absolute Gasteiger partial charge is 0.295 e. The van der Waals surface area contributed by atoms with Gasteiger partial charge >= 0.3 is 0 Å². The Morgan fingerprint density at radius 3 is 2.48 bits per heavy atom. The van der Waals surface area contributed by atoms with Gasteiger partial charge in [0.05, 0.1) is 24.8 Å². The Balaban J connectivity index is 1.73. The van der Waals surface area contributed by atoms with Gasteiger partial charge < -0.3 is 14.7 Å². The number of ether oxygens (including phenoxy) is 1. The quantitative estimate of drug-likeness (QED) is 0.380. The van der Waals surface area contributed by atoms with Crippen LogP contribution >= 0.6 is 27.5 Å². The minimum Gasteiger partial charge on any atom is -0.507 e. The molecule has 6 nitrogen and oxygen atoms in total. The van der Waals surface area contributed by atoms with E-state index in [1.165, 1.54) is 0 Å². The molecule has 1 N–H and O–H groups in total. The molecule has 2 aliphatic rings. The summed E-state index contributed by atoms with van der Waals surface area (Å²) in [6.45, 7) is 3.89. The van der Waals surface area contributed by atoms with E-state index in [0.717, 1.165) is 23.1 Å². The number of hydrogen-bond donors (Lipinski definition) is 1. The van der Waals surface area contributed by atoms with Crippen molar-refractivity contribution in [2.45, 2.75) is 6.04 Å². The van der Waals surface area contributed by atoms with Crippen molar-refractivity contribution in [3.63, 3.8) is 0 Å². The van der Waals surface area contributed by atoms with E-state index in [1.54, 1.807) is 29.2 Å². The Hall–Kier alpha value is -2.19. The van der Waals surface area contributed by atoms with Crippen LogP contribution in [0.2, 0.25) is 5.02 Å². The van der Waals surface area contributed by atoms with Crippen LogP contribution in [0.4, 0.5) is 0 Å². The maximum Gasteiger partial charge on any atom is 0.295 e. The minimum absolute atomic E-state index is 0.0902. The number of hydrogen-bond acceptors (Lipinski definition) is 5. The standard InChI is InChI=1S/C23H22BrClN2O4/c24-17-3-1-2-16(14-17)20-19(21(28)15-4-6-18(25)7-5-15)22(29)23(30)27(20)9-8-26-10-12-31-13-11-26/h1-7,14,20,28H,8-13H2/t20-/m0/s1. The first-order valence-corrected chi connectivity index (χ1v) is 11.2. The van der Waals surface area contributed by atoms with Crippen LogP contribution < -0.4 is 0 Å². The number of ketones is 1. The number of aliphatic hydroxyl groups excluding tert-OH is 1. The Morgan fingerprint density at radius 1 is 1.10 bits per heavy atom. The summed E-state index contributed by atoms with van der Waals surface area (Å²) in [5.74, 6) is -1.48. The number of halogens is 2. The van der Waals surface area contributed by atoms with Crippen LogP contribution in [0.25, 0.3) is 5.76 Å². The lowest BCUT2D eigenvalue weighted by Crippen LogP contribution is -2.42. The maximum atomic E-state index is 13.0. The first kappa shape index (κ1) is 22.0. The molecule has 0 saturated carbocycles. The molecule has 2 aromatic carbocycles. The second-order valence-corrected chi connectivity index (χ2v) is 8.86. The molecular formula is C23H22BrClN2O4. The lowest BCUT2D eigenvalue weighted by Gasteiger charge is -2.31. The molecule has 0 bridgehead atoms. The zero-order chi connectivity index (χ0) is 22.0. The average molecular weight is 506 g/mol. The molecule has 8 heteroatoms. The molecule has 2 saturated heterocycles. The molecule has 31 heavy (non-hydrogen) atoms. The predicted molar refractivity (Wildman–Crippen MR) is 122 cm³/mol. The van der Waals surface area contributed by atoms with E-state index in [1.807, 2.05) is 24.3 Å². The first-order valence-electron chi connectivity index (χ1n) is 10.1. The van der Waals surface area contributed by atoms with Crippen LogP contribution in [-0.2, 0) is 14.3 Å². The number of rotatable bonds is 5. The average Bonchev–Trinajstić information content (AvgIpc) is 3.03. The van der Waals surface area contributed by atoms with Crippen molar-refractivity contribution in [2.24, 2.45) is 0 Å². The molecule has 0 unspecified atom stereocenters. The van der Waals surface area contributed by atoms with E-state index in [4.69, 9.17) is 16.3 Å². The molecule has 2 aromatic rings. The molecule has 4 rings (SSSR count). The zero-order valence-corrected chi connectivity index (χ0v) is 19.1. The van der Waals surface area contributed by atoms with Crippen LogP contribution in [0.5, 0.6) is 0 Å². The highest BCUT2D eigenvalue weighted by Gasteiger charge is 2.46. The summed E-state index contributed by atoms with van der Waals surface area (Å²) in [5, 5.41) is 11.6. The summed E-state index contributed by atoms with van der Waals surface area (Å²) < 4.78 is 6.22. The van der Waals surface area contributed by atoms with Gasteiger partial charge in [0, 0.05) is 41.2 Å². The van der Waals surface area contributed by atoms with Crippen LogP contribution in [0, 0.1) is 0 Å². The highest BCUT2D eigenvalue weighted by Crippen LogP contribution is 2.40. The number of carbonyl (C=O) groups excluding carboxylic acids is 2. The third-order valence-corrected chi connectivity index (χ3v) is 6.33. The van der Waals surface area contributed by atoms with Crippen molar-refractivity contribution < 1.29 is 19.4 Å². The maximum absolute atomic E-state index is 13.0. The van der Waals surface area contributed by atoms with Crippen LogP contribution in [0.3, 0.4) is 0 Å². The number of likely N-dealkylation sites (tertiary alicyclic amines) is 1. The largest absolute Gasteiger partial charge is 0.507 e. The summed E-state index contributed by atoms with van der Waals surface area (Å²) in [7, 11) is 0. The fourth-order valence-corrected chi connectivity index (χ4v) is 4.51. The molecule has 162 valence electrons. The van der Waals surface area contributed by atoms with Gasteiger partial charge in [-0.25, -0.2) is 0 Å². The number of aliphatic hydroxyl groups is 1. The van der Waals surface area contributed by atoms with E-state index >= 15 is 0 Å². The predicted octanol–water partition coefficient (Wildman–Crippen LogP) is 3.86. The zero-order valence-electron chi connectivity index (χ0n) is 16.8. The van der Waals surface area contributed by atoms with E-state index in [-0.39, 0.29) is 11.3 Å². The van der Waals surface area contributed by atoms with Gasteiger partial charge in [-0.1, -0.05) is 39.7 Å². The normalized spacial score (nSPS) is 21.6. The second kappa shape index (κ2) is 9.53. The van der Waals surface area contributed by atoms with Gasteiger partial charge in [0.1, 0.15) is 5.76 Å². The van der Waals surface area contributed by atoms with Gasteiger partial charge in [0.15, 0.2) is 0 Å². The number of Topliss-reactive ketones (excluding diaryl/α,β-unsaturated/α-hetero) is 1. The third kappa shape index (κ3) is 4.70. The molecule has 0 spiro atoms. The third-order valence-electron chi connectivity index (χ3n) is 5.58. The number of carbonyl (C=O) groups is 2. The summed E-state index contributed by atoms with van der Waals surface area (Å²) in [6, 6.07) is 13.3. The molecule has 2 aliphatic heterocycles. The molecule has 2 heterocycles. The van der Waals surface area contributed by atoms with Crippen LogP contribution in [0.1, 0.15) is 17.2 Å². The Morgan fingerprint density at radius 2 is 1.81 bits per heavy atom. The van der Waals surface area contributed by atoms with Gasteiger partial charge in [-0.2, -0.15) is 0 Å². The molecule has 0 aliphatic carbocycles. The molecule has 1 atom stereocenters. The topological polar surface area (TPSA) is 70.1 Å². The van der Waals surface area contributed by atoms with Crippen molar-refractivity contribution >= 4 is 45.0 Å². The lowest BCUT2D eigenvalue weighted by molar-refractivity contribution is -0.140. The summed E-state index contributed by atoms with van der Waals surface area (Å²) in [6.07, 6.45) is 0. The van der Waals surface area contributed by atoms with Gasteiger partial charge in [-0.05, 0) is 42.0 Å². The fourth-order valence-electron chi connectivity index (χ4n) is 3.97. The van der Waals surface area contributed by atoms with Crippen molar-refractivity contribution in [1.82, 2.24) is 9.80 Å². The van der Waals surface area contributed by atoms with Crippen molar-refractivity contribution in [3.05, 3.63) is 74.7 Å². The Labute approximate surface area is 194 Å². The molecule has 0 radical (unpaired) electrons. The highest BCUT2D eigenvalue weighted by atomic mass is 79.9. The summed E-state index contributed by atoms with van der Waals surface area (Å²) >= 11 is 9.43. The first-order chi connectivity index (χ1) is 15.0. The second-order valence-electron chi connectivity index (χ2n) is 7.51. The number of amides is 1.